The summed E-state index contributed by atoms with van der Waals surface area (Å²) in [7, 11) is 0. The zero-order chi connectivity index (χ0) is 13.1. The number of rotatable bonds is 3. The molecule has 0 unspecified atom stereocenters. The lowest BCUT2D eigenvalue weighted by Gasteiger charge is -2.09. The van der Waals surface area contributed by atoms with Crippen LogP contribution in [-0.2, 0) is 0 Å². The molecule has 0 aliphatic carbocycles. The molecule has 0 saturated carbocycles. The van der Waals surface area contributed by atoms with E-state index in [2.05, 4.69) is 0 Å². The second-order valence-corrected chi connectivity index (χ2v) is 4.97. The number of aryl methyl sites for hydroxylation is 1. The maximum atomic E-state index is 11.0. The van der Waals surface area contributed by atoms with Crippen LogP contribution in [0.3, 0.4) is 0 Å². The summed E-state index contributed by atoms with van der Waals surface area (Å²) in [5, 5.41) is 9.02. The molecule has 0 amide bonds. The minimum atomic E-state index is -1.00. The van der Waals surface area contributed by atoms with Gasteiger partial charge in [0.2, 0.25) is 0 Å². The second-order valence-electron chi connectivity index (χ2n) is 3.89. The van der Waals surface area contributed by atoms with Crippen molar-refractivity contribution in [2.75, 3.05) is 5.73 Å². The molecule has 0 bridgehead atoms. The van der Waals surface area contributed by atoms with E-state index >= 15 is 0 Å². The number of carboxylic acids is 1. The molecule has 92 valence electrons. The van der Waals surface area contributed by atoms with Gasteiger partial charge in [-0.25, -0.2) is 4.79 Å². The molecule has 0 aromatic heterocycles. The SMILES string of the molecule is Cc1ccccc1Sc1cccc(C(=O)O)c1N. The summed E-state index contributed by atoms with van der Waals surface area (Å²) in [6, 6.07) is 13.0. The Morgan fingerprint density at radius 3 is 2.44 bits per heavy atom. The van der Waals surface area contributed by atoms with Gasteiger partial charge in [0, 0.05) is 9.79 Å². The molecule has 0 radical (unpaired) electrons. The fourth-order valence-electron chi connectivity index (χ4n) is 1.61. The Labute approximate surface area is 110 Å². The average molecular weight is 259 g/mol. The van der Waals surface area contributed by atoms with Gasteiger partial charge in [0.1, 0.15) is 0 Å². The van der Waals surface area contributed by atoms with E-state index in [1.165, 1.54) is 17.8 Å². The van der Waals surface area contributed by atoms with Crippen molar-refractivity contribution < 1.29 is 9.90 Å². The van der Waals surface area contributed by atoms with Crippen molar-refractivity contribution in [1.82, 2.24) is 0 Å². The van der Waals surface area contributed by atoms with Gasteiger partial charge >= 0.3 is 5.97 Å². The average Bonchev–Trinajstić information content (AvgIpc) is 2.34. The maximum Gasteiger partial charge on any atom is 0.337 e. The molecular weight excluding hydrogens is 246 g/mol. The molecular formula is C14H13NO2S. The Balaban J connectivity index is 2.39. The zero-order valence-corrected chi connectivity index (χ0v) is 10.7. The van der Waals surface area contributed by atoms with Crippen molar-refractivity contribution in [3.63, 3.8) is 0 Å². The summed E-state index contributed by atoms with van der Waals surface area (Å²) >= 11 is 1.48. The van der Waals surface area contributed by atoms with Crippen LogP contribution < -0.4 is 5.73 Å². The lowest BCUT2D eigenvalue weighted by Crippen LogP contribution is -2.03. The first-order chi connectivity index (χ1) is 8.59. The number of hydrogen-bond donors (Lipinski definition) is 2. The Kier molecular flexibility index (Phi) is 3.58. The van der Waals surface area contributed by atoms with Crippen molar-refractivity contribution in [3.8, 4) is 0 Å². The molecule has 0 atom stereocenters. The van der Waals surface area contributed by atoms with E-state index in [1.807, 2.05) is 37.3 Å². The molecule has 0 aliphatic heterocycles. The molecule has 2 aromatic carbocycles. The Bertz CT molecular complexity index is 596. The van der Waals surface area contributed by atoms with Crippen LogP contribution in [0.4, 0.5) is 5.69 Å². The minimum Gasteiger partial charge on any atom is -0.478 e. The summed E-state index contributed by atoms with van der Waals surface area (Å²) in [4.78, 5) is 12.8. The van der Waals surface area contributed by atoms with Gasteiger partial charge in [-0.2, -0.15) is 0 Å². The van der Waals surface area contributed by atoms with E-state index in [-0.39, 0.29) is 5.56 Å². The van der Waals surface area contributed by atoms with E-state index in [4.69, 9.17) is 10.8 Å². The molecule has 0 heterocycles. The van der Waals surface area contributed by atoms with Gasteiger partial charge in [-0.05, 0) is 30.7 Å². The molecule has 18 heavy (non-hydrogen) atoms. The number of aromatic carboxylic acids is 1. The maximum absolute atomic E-state index is 11.0. The van der Waals surface area contributed by atoms with Crippen molar-refractivity contribution in [3.05, 3.63) is 53.6 Å². The van der Waals surface area contributed by atoms with Crippen molar-refractivity contribution in [2.24, 2.45) is 0 Å². The fourth-order valence-corrected chi connectivity index (χ4v) is 2.59. The highest BCUT2D eigenvalue weighted by molar-refractivity contribution is 7.99. The first-order valence-corrected chi connectivity index (χ1v) is 6.26. The van der Waals surface area contributed by atoms with Crippen LogP contribution >= 0.6 is 11.8 Å². The lowest BCUT2D eigenvalue weighted by atomic mass is 10.2. The summed E-state index contributed by atoms with van der Waals surface area (Å²) in [6.45, 7) is 2.01. The lowest BCUT2D eigenvalue weighted by molar-refractivity contribution is 0.0698. The van der Waals surface area contributed by atoms with Gasteiger partial charge in [0.15, 0.2) is 0 Å². The molecule has 0 saturated heterocycles. The summed E-state index contributed by atoms with van der Waals surface area (Å²) in [5.74, 6) is -1.00. The Morgan fingerprint density at radius 1 is 1.11 bits per heavy atom. The van der Waals surface area contributed by atoms with Gasteiger partial charge in [-0.15, -0.1) is 0 Å². The second kappa shape index (κ2) is 5.14. The molecule has 0 aliphatic rings. The molecule has 0 fully saturated rings. The predicted octanol–water partition coefficient (Wildman–Crippen LogP) is 3.43. The normalized spacial score (nSPS) is 10.3. The van der Waals surface area contributed by atoms with Crippen LogP contribution in [0, 0.1) is 6.92 Å². The van der Waals surface area contributed by atoms with Crippen LogP contribution in [0.15, 0.2) is 52.3 Å². The number of nitrogens with two attached hydrogens (primary N) is 1. The Morgan fingerprint density at radius 2 is 1.78 bits per heavy atom. The van der Waals surface area contributed by atoms with Crippen LogP contribution in [0.2, 0.25) is 0 Å². The number of anilines is 1. The number of carbonyl (C=O) groups is 1. The fraction of sp³-hybridized carbons (Fsp3) is 0.0714. The molecule has 2 aromatic rings. The quantitative estimate of drug-likeness (QED) is 0.829. The summed E-state index contributed by atoms with van der Waals surface area (Å²) in [6.07, 6.45) is 0. The van der Waals surface area contributed by atoms with Crippen LogP contribution in [0.5, 0.6) is 0 Å². The predicted molar refractivity (Wildman–Crippen MR) is 73.1 cm³/mol. The third-order valence-electron chi connectivity index (χ3n) is 2.61. The van der Waals surface area contributed by atoms with Gasteiger partial charge in [-0.1, -0.05) is 36.0 Å². The van der Waals surface area contributed by atoms with Crippen LogP contribution in [-0.4, -0.2) is 11.1 Å². The molecule has 4 heteroatoms. The highest BCUT2D eigenvalue weighted by Gasteiger charge is 2.12. The minimum absolute atomic E-state index is 0.147. The van der Waals surface area contributed by atoms with Gasteiger partial charge in [-0.3, -0.25) is 0 Å². The van der Waals surface area contributed by atoms with Crippen molar-refractivity contribution >= 4 is 23.4 Å². The third-order valence-corrected chi connectivity index (χ3v) is 3.86. The van der Waals surface area contributed by atoms with Crippen molar-refractivity contribution in [1.29, 1.82) is 0 Å². The monoisotopic (exact) mass is 259 g/mol. The highest BCUT2D eigenvalue weighted by atomic mass is 32.2. The van der Waals surface area contributed by atoms with Crippen LogP contribution in [0.25, 0.3) is 0 Å². The van der Waals surface area contributed by atoms with Crippen molar-refractivity contribution in [2.45, 2.75) is 16.7 Å². The number of benzene rings is 2. The Hall–Kier alpha value is -1.94. The standard InChI is InChI=1S/C14H13NO2S/c1-9-5-2-3-7-11(9)18-12-8-4-6-10(13(12)15)14(16)17/h2-8H,15H2,1H3,(H,16,17). The summed E-state index contributed by atoms with van der Waals surface area (Å²) < 4.78 is 0. The van der Waals surface area contributed by atoms with E-state index < -0.39 is 5.97 Å². The molecule has 2 rings (SSSR count). The third kappa shape index (κ3) is 2.49. The highest BCUT2D eigenvalue weighted by Crippen LogP contribution is 2.35. The van der Waals surface area contributed by atoms with E-state index in [0.29, 0.717) is 5.69 Å². The topological polar surface area (TPSA) is 63.3 Å². The smallest absolute Gasteiger partial charge is 0.337 e. The molecule has 3 nitrogen and oxygen atoms in total. The first-order valence-electron chi connectivity index (χ1n) is 5.45. The number of para-hydroxylation sites is 1. The first kappa shape index (κ1) is 12.5. The van der Waals surface area contributed by atoms with E-state index in [1.54, 1.807) is 6.07 Å². The molecule has 3 N–H and O–H groups in total. The van der Waals surface area contributed by atoms with E-state index in [0.717, 1.165) is 15.4 Å². The number of hydrogen-bond acceptors (Lipinski definition) is 3. The van der Waals surface area contributed by atoms with Gasteiger partial charge in [0.25, 0.3) is 0 Å². The van der Waals surface area contributed by atoms with Gasteiger partial charge in [0.05, 0.1) is 11.3 Å². The largest absolute Gasteiger partial charge is 0.478 e. The van der Waals surface area contributed by atoms with E-state index in [9.17, 15) is 4.79 Å². The zero-order valence-electron chi connectivity index (χ0n) is 9.88. The number of nitrogen functional groups attached to an aromatic ring is 1. The van der Waals surface area contributed by atoms with Crippen LogP contribution in [0.1, 0.15) is 15.9 Å². The summed E-state index contributed by atoms with van der Waals surface area (Å²) in [5.41, 5.74) is 7.49. The van der Waals surface area contributed by atoms with Gasteiger partial charge < -0.3 is 10.8 Å². The number of carboxylic acid groups (broad SMARTS) is 1. The molecule has 0 spiro atoms.